The zero-order chi connectivity index (χ0) is 14.9. The van der Waals surface area contributed by atoms with Gasteiger partial charge < -0.3 is 4.90 Å². The first-order valence-electron chi connectivity index (χ1n) is 7.99. The lowest BCUT2D eigenvalue weighted by atomic mass is 9.91. The minimum atomic E-state index is 0.156. The Labute approximate surface area is 131 Å². The predicted molar refractivity (Wildman–Crippen MR) is 86.8 cm³/mol. The van der Waals surface area contributed by atoms with Gasteiger partial charge in [-0.05, 0) is 29.7 Å². The number of nitrogens with zero attached hydrogens (tertiary/aromatic N) is 2. The Bertz CT molecular complexity index is 683. The number of rotatable bonds is 1. The number of benzene rings is 2. The van der Waals surface area contributed by atoms with Gasteiger partial charge in [0.1, 0.15) is 0 Å². The number of piperazine rings is 1. The molecule has 0 spiro atoms. The summed E-state index contributed by atoms with van der Waals surface area (Å²) in [6.45, 7) is 3.70. The smallest absolute Gasteiger partial charge is 0.253 e. The van der Waals surface area contributed by atoms with E-state index in [0.29, 0.717) is 6.04 Å². The molecular formula is C19H20N2O. The van der Waals surface area contributed by atoms with E-state index in [1.165, 1.54) is 11.1 Å². The van der Waals surface area contributed by atoms with Gasteiger partial charge in [-0.1, -0.05) is 42.5 Å². The first-order chi connectivity index (χ1) is 10.8. The number of carbonyl (C=O) groups excluding carboxylic acids is 1. The van der Waals surface area contributed by atoms with Crippen LogP contribution in [0.25, 0.3) is 0 Å². The second kappa shape index (κ2) is 5.58. The van der Waals surface area contributed by atoms with Crippen molar-refractivity contribution in [3.63, 3.8) is 0 Å². The lowest BCUT2D eigenvalue weighted by molar-refractivity contribution is 0.0453. The fourth-order valence-electron chi connectivity index (χ4n) is 3.68. The minimum Gasteiger partial charge on any atom is -0.335 e. The van der Waals surface area contributed by atoms with Crippen LogP contribution in [0.15, 0.2) is 54.6 Å². The van der Waals surface area contributed by atoms with E-state index in [4.69, 9.17) is 0 Å². The SMILES string of the molecule is O=C(c1ccccc1)N1CCN2CCc3ccccc3[C@H]2C1. The van der Waals surface area contributed by atoms with E-state index in [1.54, 1.807) is 0 Å². The lowest BCUT2D eigenvalue weighted by Crippen LogP contribution is -2.52. The van der Waals surface area contributed by atoms with Crippen LogP contribution in [0.1, 0.15) is 27.5 Å². The Morgan fingerprint density at radius 3 is 2.55 bits per heavy atom. The summed E-state index contributed by atoms with van der Waals surface area (Å²) in [5.41, 5.74) is 3.64. The Hall–Kier alpha value is -2.13. The zero-order valence-corrected chi connectivity index (χ0v) is 12.6. The molecule has 0 unspecified atom stereocenters. The minimum absolute atomic E-state index is 0.156. The van der Waals surface area contributed by atoms with E-state index in [9.17, 15) is 4.79 Å². The second-order valence-electron chi connectivity index (χ2n) is 6.12. The van der Waals surface area contributed by atoms with Crippen LogP contribution in [0.2, 0.25) is 0 Å². The Kier molecular flexibility index (Phi) is 3.43. The summed E-state index contributed by atoms with van der Waals surface area (Å²) in [5.74, 6) is 0.156. The molecule has 2 aliphatic heterocycles. The van der Waals surface area contributed by atoms with Crippen molar-refractivity contribution in [2.45, 2.75) is 12.5 Å². The lowest BCUT2D eigenvalue weighted by Gasteiger charge is -2.44. The third kappa shape index (κ3) is 2.32. The second-order valence-corrected chi connectivity index (χ2v) is 6.12. The van der Waals surface area contributed by atoms with Crippen LogP contribution in [0.3, 0.4) is 0 Å². The maximum atomic E-state index is 12.7. The van der Waals surface area contributed by atoms with Crippen LogP contribution in [-0.2, 0) is 6.42 Å². The summed E-state index contributed by atoms with van der Waals surface area (Å²) in [6, 6.07) is 18.7. The number of fused-ring (bicyclic) bond motifs is 3. The fourth-order valence-corrected chi connectivity index (χ4v) is 3.68. The van der Waals surface area contributed by atoms with Crippen molar-refractivity contribution >= 4 is 5.91 Å². The number of hydrogen-bond acceptors (Lipinski definition) is 2. The van der Waals surface area contributed by atoms with Crippen LogP contribution in [-0.4, -0.2) is 41.9 Å². The fraction of sp³-hybridized carbons (Fsp3) is 0.316. The van der Waals surface area contributed by atoms with E-state index in [2.05, 4.69) is 29.2 Å². The van der Waals surface area contributed by atoms with Crippen molar-refractivity contribution in [3.05, 3.63) is 71.3 Å². The first kappa shape index (κ1) is 13.5. The maximum Gasteiger partial charge on any atom is 0.253 e. The maximum absolute atomic E-state index is 12.7. The van der Waals surface area contributed by atoms with Crippen molar-refractivity contribution in [3.8, 4) is 0 Å². The van der Waals surface area contributed by atoms with Gasteiger partial charge >= 0.3 is 0 Å². The molecule has 1 amide bonds. The first-order valence-corrected chi connectivity index (χ1v) is 7.99. The highest BCUT2D eigenvalue weighted by Gasteiger charge is 2.34. The molecule has 3 heteroatoms. The highest BCUT2D eigenvalue weighted by atomic mass is 16.2. The quantitative estimate of drug-likeness (QED) is 0.807. The molecule has 2 aromatic carbocycles. The van der Waals surface area contributed by atoms with E-state index in [-0.39, 0.29) is 5.91 Å². The van der Waals surface area contributed by atoms with Crippen LogP contribution in [0.5, 0.6) is 0 Å². The van der Waals surface area contributed by atoms with Crippen molar-refractivity contribution < 1.29 is 4.79 Å². The van der Waals surface area contributed by atoms with Gasteiger partial charge in [-0.2, -0.15) is 0 Å². The van der Waals surface area contributed by atoms with Crippen LogP contribution in [0, 0.1) is 0 Å². The van der Waals surface area contributed by atoms with Gasteiger partial charge in [0.25, 0.3) is 5.91 Å². The zero-order valence-electron chi connectivity index (χ0n) is 12.6. The molecule has 1 saturated heterocycles. The molecule has 2 aromatic rings. The molecule has 0 N–H and O–H groups in total. The van der Waals surface area contributed by atoms with Crippen molar-refractivity contribution in [1.29, 1.82) is 0 Å². The standard InChI is InChI=1S/C19H20N2O/c22-19(16-7-2-1-3-8-16)21-13-12-20-11-10-15-6-4-5-9-17(15)18(20)14-21/h1-9,18H,10-14H2/t18-/m1/s1. The number of hydrogen-bond donors (Lipinski definition) is 0. The number of carbonyl (C=O) groups is 1. The van der Waals surface area contributed by atoms with Gasteiger partial charge in [0.15, 0.2) is 0 Å². The molecule has 2 heterocycles. The van der Waals surface area contributed by atoms with Crippen molar-refractivity contribution in [2.24, 2.45) is 0 Å². The number of amides is 1. The third-order valence-electron chi connectivity index (χ3n) is 4.88. The van der Waals surface area contributed by atoms with Gasteiger partial charge in [-0.3, -0.25) is 9.69 Å². The van der Waals surface area contributed by atoms with Crippen molar-refractivity contribution in [2.75, 3.05) is 26.2 Å². The molecular weight excluding hydrogens is 272 g/mol. The Morgan fingerprint density at radius 2 is 1.68 bits per heavy atom. The average Bonchev–Trinajstić information content (AvgIpc) is 2.61. The summed E-state index contributed by atoms with van der Waals surface area (Å²) in [5, 5.41) is 0. The molecule has 2 aliphatic rings. The van der Waals surface area contributed by atoms with Gasteiger partial charge in [0, 0.05) is 31.7 Å². The summed E-state index contributed by atoms with van der Waals surface area (Å²) in [7, 11) is 0. The molecule has 112 valence electrons. The Balaban J connectivity index is 1.59. The largest absolute Gasteiger partial charge is 0.335 e. The van der Waals surface area contributed by atoms with Crippen LogP contribution in [0.4, 0.5) is 0 Å². The highest BCUT2D eigenvalue weighted by Crippen LogP contribution is 2.32. The topological polar surface area (TPSA) is 23.6 Å². The highest BCUT2D eigenvalue weighted by molar-refractivity contribution is 5.94. The van der Waals surface area contributed by atoms with E-state index >= 15 is 0 Å². The van der Waals surface area contributed by atoms with E-state index in [1.807, 2.05) is 35.2 Å². The summed E-state index contributed by atoms with van der Waals surface area (Å²) < 4.78 is 0. The molecule has 4 rings (SSSR count). The van der Waals surface area contributed by atoms with Crippen LogP contribution >= 0.6 is 0 Å². The molecule has 0 radical (unpaired) electrons. The van der Waals surface area contributed by atoms with Gasteiger partial charge in [-0.15, -0.1) is 0 Å². The Morgan fingerprint density at radius 1 is 0.909 bits per heavy atom. The van der Waals surface area contributed by atoms with Crippen LogP contribution < -0.4 is 0 Å². The molecule has 1 fully saturated rings. The molecule has 1 atom stereocenters. The predicted octanol–water partition coefficient (Wildman–Crippen LogP) is 2.74. The average molecular weight is 292 g/mol. The van der Waals surface area contributed by atoms with Gasteiger partial charge in [0.05, 0.1) is 6.04 Å². The summed E-state index contributed by atoms with van der Waals surface area (Å²) >= 11 is 0. The third-order valence-corrected chi connectivity index (χ3v) is 4.88. The molecule has 0 aliphatic carbocycles. The van der Waals surface area contributed by atoms with E-state index < -0.39 is 0 Å². The van der Waals surface area contributed by atoms with Gasteiger partial charge in [0.2, 0.25) is 0 Å². The molecule has 0 aromatic heterocycles. The molecule has 0 saturated carbocycles. The van der Waals surface area contributed by atoms with Crippen molar-refractivity contribution in [1.82, 2.24) is 9.80 Å². The van der Waals surface area contributed by atoms with E-state index in [0.717, 1.165) is 38.2 Å². The monoisotopic (exact) mass is 292 g/mol. The summed E-state index contributed by atoms with van der Waals surface area (Å²) in [4.78, 5) is 17.2. The molecule has 0 bridgehead atoms. The molecule has 22 heavy (non-hydrogen) atoms. The molecule has 3 nitrogen and oxygen atoms in total. The van der Waals surface area contributed by atoms with Gasteiger partial charge in [-0.25, -0.2) is 0 Å². The summed E-state index contributed by atoms with van der Waals surface area (Å²) in [6.07, 6.45) is 1.12. The normalized spacial score (nSPS) is 21.1.